The second kappa shape index (κ2) is 8.23. The van der Waals surface area contributed by atoms with Crippen molar-refractivity contribution in [3.8, 4) is 10.1 Å². The molecule has 0 saturated heterocycles. The summed E-state index contributed by atoms with van der Waals surface area (Å²) in [6.07, 6.45) is 5.07. The van der Waals surface area contributed by atoms with Crippen molar-refractivity contribution in [3.63, 3.8) is 0 Å². The Morgan fingerprint density at radius 1 is 1.44 bits per heavy atom. The third-order valence-corrected chi connectivity index (χ3v) is 8.07. The first-order valence-electron chi connectivity index (χ1n) is 8.45. The molecular weight excluding hydrogens is 399 g/mol. The Bertz CT molecular complexity index is 819. The fraction of sp³-hybridized carbons (Fsp3) is 0.421. The number of esters is 1. The van der Waals surface area contributed by atoms with E-state index >= 15 is 0 Å². The van der Waals surface area contributed by atoms with Gasteiger partial charge in [-0.3, -0.25) is 0 Å². The zero-order valence-electron chi connectivity index (χ0n) is 14.4. The van der Waals surface area contributed by atoms with Crippen LogP contribution in [-0.2, 0) is 4.74 Å². The fourth-order valence-electron chi connectivity index (χ4n) is 2.93. The van der Waals surface area contributed by atoms with Crippen LogP contribution in [0.1, 0.15) is 47.5 Å². The predicted molar refractivity (Wildman–Crippen MR) is 102 cm³/mol. The number of rotatable bonds is 5. The summed E-state index contributed by atoms with van der Waals surface area (Å²) in [5.41, 5.74) is 2.37. The molecule has 1 heterocycles. The Balaban J connectivity index is 1.87. The van der Waals surface area contributed by atoms with Gasteiger partial charge in [0.05, 0.1) is 0 Å². The monoisotopic (exact) mass is 420 g/mol. The summed E-state index contributed by atoms with van der Waals surface area (Å²) in [6.45, 7) is 11.5. The van der Waals surface area contributed by atoms with Crippen molar-refractivity contribution in [2.45, 2.75) is 49.7 Å². The van der Waals surface area contributed by atoms with E-state index in [4.69, 9.17) is 11.3 Å². The van der Waals surface area contributed by atoms with E-state index in [1.54, 1.807) is 6.92 Å². The summed E-state index contributed by atoms with van der Waals surface area (Å²) >= 11 is 1.66. The average molecular weight is 419 g/mol. The predicted octanol–water partition coefficient (Wildman–Crippen LogP) is 4.88. The van der Waals surface area contributed by atoms with Gasteiger partial charge in [0.15, 0.2) is 0 Å². The van der Waals surface area contributed by atoms with Gasteiger partial charge in [0.2, 0.25) is 0 Å². The molecule has 0 radical (unpaired) electrons. The molecule has 0 bridgehead atoms. The van der Waals surface area contributed by atoms with Gasteiger partial charge in [0.1, 0.15) is 0 Å². The average Bonchev–Trinajstić information content (AvgIpc) is 3.25. The molecule has 4 nitrogen and oxygen atoms in total. The van der Waals surface area contributed by atoms with Gasteiger partial charge in [-0.1, -0.05) is 0 Å². The van der Waals surface area contributed by atoms with Crippen LogP contribution in [0.4, 0.5) is 5.69 Å². The van der Waals surface area contributed by atoms with Crippen molar-refractivity contribution in [1.29, 1.82) is 0 Å². The molecule has 1 aromatic heterocycles. The molecule has 0 unspecified atom stereocenters. The number of aryl methyl sites for hydroxylation is 1. The summed E-state index contributed by atoms with van der Waals surface area (Å²) in [7, 11) is 0. The first-order chi connectivity index (χ1) is 12.1. The normalized spacial score (nSPS) is 14.4. The summed E-state index contributed by atoms with van der Waals surface area (Å²) in [5.74, 6) is -0.266. The number of benzene rings is 1. The maximum atomic E-state index is 12.0. The van der Waals surface area contributed by atoms with Crippen LogP contribution in [0.3, 0.4) is 0 Å². The van der Waals surface area contributed by atoms with Crippen molar-refractivity contribution < 1.29 is 9.53 Å². The second-order valence-corrected chi connectivity index (χ2v) is 9.41. The van der Waals surface area contributed by atoms with E-state index in [0.717, 1.165) is 20.7 Å². The molecule has 1 aliphatic rings. The first-order valence-corrected chi connectivity index (χ1v) is 11.0. The molecule has 0 N–H and O–H groups in total. The van der Waals surface area contributed by atoms with Gasteiger partial charge in [-0.2, -0.15) is 0 Å². The van der Waals surface area contributed by atoms with Gasteiger partial charge < -0.3 is 0 Å². The first kappa shape index (κ1) is 18.3. The van der Waals surface area contributed by atoms with Crippen molar-refractivity contribution >= 4 is 37.9 Å². The van der Waals surface area contributed by atoms with E-state index in [0.29, 0.717) is 22.0 Å². The van der Waals surface area contributed by atoms with E-state index in [1.807, 2.05) is 36.9 Å². The Morgan fingerprint density at radius 3 is 2.88 bits per heavy atom. The molecule has 0 aliphatic heterocycles. The standard InChI is InChI=1S/C19H20N2O2SSe/c1-4-23-19(22)17-12(2)21-18(25-17)13-9-10-16(15(11-13)20-3)24-14-7-5-6-8-14/h9-11,14H,4-8H2,1-2H3. The van der Waals surface area contributed by atoms with Crippen LogP contribution in [0.15, 0.2) is 23.1 Å². The molecule has 130 valence electrons. The van der Waals surface area contributed by atoms with Crippen molar-refractivity contribution in [2.75, 3.05) is 6.61 Å². The van der Waals surface area contributed by atoms with E-state index in [2.05, 4.69) is 9.83 Å². The van der Waals surface area contributed by atoms with E-state index < -0.39 is 0 Å². The Morgan fingerprint density at radius 2 is 2.20 bits per heavy atom. The molecule has 3 rings (SSSR count). The number of aromatic nitrogens is 1. The molecule has 1 saturated carbocycles. The number of thioether (sulfide) groups is 1. The Hall–Kier alpha value is -1.54. The Labute approximate surface area is 158 Å². The minimum atomic E-state index is -0.266. The van der Waals surface area contributed by atoms with Crippen LogP contribution in [0.2, 0.25) is 0 Å². The van der Waals surface area contributed by atoms with Gasteiger partial charge in [-0.15, -0.1) is 0 Å². The van der Waals surface area contributed by atoms with Gasteiger partial charge in [0, 0.05) is 0 Å². The molecular formula is C19H20N2O2SSe. The number of hydrogen-bond acceptors (Lipinski definition) is 4. The SMILES string of the molecule is [C-]#[N+]c1cc(-c2nc(C)c(C(=O)OCC)[se]2)ccc1SC1CCCC1. The molecule has 0 atom stereocenters. The molecule has 0 spiro atoms. The summed E-state index contributed by atoms with van der Waals surface area (Å²) < 4.78 is 6.69. The topological polar surface area (TPSA) is 43.5 Å². The molecule has 2 aromatic rings. The number of carbonyl (C=O) groups is 1. The van der Waals surface area contributed by atoms with E-state index in [9.17, 15) is 4.79 Å². The molecule has 6 heteroatoms. The second-order valence-electron chi connectivity index (χ2n) is 5.97. The molecule has 1 aliphatic carbocycles. The van der Waals surface area contributed by atoms with Gasteiger partial charge in [-0.05, 0) is 0 Å². The van der Waals surface area contributed by atoms with Crippen LogP contribution in [0, 0.1) is 13.5 Å². The zero-order chi connectivity index (χ0) is 17.8. The molecule has 1 aromatic carbocycles. The number of hydrogen-bond donors (Lipinski definition) is 0. The van der Waals surface area contributed by atoms with E-state index in [1.165, 1.54) is 25.7 Å². The number of nitrogens with zero attached hydrogens (tertiary/aromatic N) is 2. The van der Waals surface area contributed by atoms with Crippen LogP contribution in [0.25, 0.3) is 15.0 Å². The zero-order valence-corrected chi connectivity index (χ0v) is 16.9. The third kappa shape index (κ3) is 4.17. The Kier molecular flexibility index (Phi) is 6.01. The summed E-state index contributed by atoms with van der Waals surface area (Å²) in [5, 5.41) is 0.638. The fourth-order valence-corrected chi connectivity index (χ4v) is 6.24. The van der Waals surface area contributed by atoms with Crippen LogP contribution in [0.5, 0.6) is 0 Å². The number of carbonyl (C=O) groups excluding carboxylic acids is 1. The maximum absolute atomic E-state index is 12.0. The van der Waals surface area contributed by atoms with Crippen molar-refractivity contribution in [2.24, 2.45) is 0 Å². The summed E-state index contributed by atoms with van der Waals surface area (Å²) in [4.78, 5) is 21.4. The van der Waals surface area contributed by atoms with Crippen LogP contribution >= 0.6 is 11.8 Å². The number of ether oxygens (including phenoxy) is 1. The van der Waals surface area contributed by atoms with Crippen molar-refractivity contribution in [3.05, 3.63) is 39.7 Å². The van der Waals surface area contributed by atoms with Crippen molar-refractivity contribution in [1.82, 2.24) is 4.98 Å². The molecule has 1 fully saturated rings. The van der Waals surface area contributed by atoms with Crippen LogP contribution in [-0.4, -0.2) is 37.3 Å². The van der Waals surface area contributed by atoms with Gasteiger partial charge in [-0.25, -0.2) is 0 Å². The van der Waals surface area contributed by atoms with Crippen LogP contribution < -0.4 is 0 Å². The van der Waals surface area contributed by atoms with E-state index in [-0.39, 0.29) is 20.5 Å². The quantitative estimate of drug-likeness (QED) is 0.394. The van der Waals surface area contributed by atoms with Gasteiger partial charge >= 0.3 is 159 Å². The molecule has 25 heavy (non-hydrogen) atoms. The minimum absolute atomic E-state index is 0.171. The summed E-state index contributed by atoms with van der Waals surface area (Å²) in [6, 6.07) is 6.00. The van der Waals surface area contributed by atoms with Gasteiger partial charge in [0.25, 0.3) is 0 Å². The third-order valence-electron chi connectivity index (χ3n) is 4.18. The molecule has 0 amide bonds.